The minimum atomic E-state index is -5.62. The van der Waals surface area contributed by atoms with Gasteiger partial charge in [0.05, 0.1) is 22.0 Å². The van der Waals surface area contributed by atoms with Gasteiger partial charge in [0.25, 0.3) is 19.7 Å². The average molecular weight is 793 g/mol. The van der Waals surface area contributed by atoms with Crippen LogP contribution in [0.2, 0.25) is 10.0 Å². The van der Waals surface area contributed by atoms with Gasteiger partial charge in [0.1, 0.15) is 41.2 Å². The molecule has 4 aromatic carbocycles. The number of rotatable bonds is 7. The number of hydrogen-bond acceptors (Lipinski definition) is 8. The van der Waals surface area contributed by atoms with E-state index in [0.717, 1.165) is 42.5 Å². The van der Waals surface area contributed by atoms with Crippen molar-refractivity contribution in [3.8, 4) is 34.8 Å². The van der Waals surface area contributed by atoms with E-state index in [1.54, 1.807) is 0 Å². The lowest BCUT2D eigenvalue weighted by atomic mass is 10.2. The summed E-state index contributed by atoms with van der Waals surface area (Å²) in [5, 5.41) is 18.0. The van der Waals surface area contributed by atoms with Crippen LogP contribution in [0, 0.1) is 23.5 Å². The Hall–Kier alpha value is -4.12. The molecule has 0 bridgehead atoms. The van der Waals surface area contributed by atoms with Gasteiger partial charge in [0.15, 0.2) is 0 Å². The lowest BCUT2D eigenvalue weighted by molar-refractivity contribution is -0.0442. The normalized spacial score (nSPS) is 11.9. The summed E-state index contributed by atoms with van der Waals surface area (Å²) in [5.74, 6) is 2.70. The molecule has 0 saturated carbocycles. The van der Waals surface area contributed by atoms with Crippen LogP contribution < -0.4 is 9.47 Å². The highest BCUT2D eigenvalue weighted by Crippen LogP contribution is 2.36. The van der Waals surface area contributed by atoms with Crippen LogP contribution >= 0.6 is 23.2 Å². The minimum Gasteiger partial charge on any atom is -0.457 e. The first-order valence-electron chi connectivity index (χ1n) is 13.0. The Morgan fingerprint density at radius 2 is 1.20 bits per heavy atom. The van der Waals surface area contributed by atoms with Gasteiger partial charge in [-0.25, -0.2) is 25.6 Å². The fourth-order valence-electron chi connectivity index (χ4n) is 3.70. The smallest absolute Gasteiger partial charge is 0.457 e. The Labute approximate surface area is 288 Å². The third kappa shape index (κ3) is 9.99. The Balaban J connectivity index is 0.000000271. The molecule has 0 aliphatic heterocycles. The van der Waals surface area contributed by atoms with E-state index in [4.69, 9.17) is 42.9 Å². The van der Waals surface area contributed by atoms with Crippen molar-refractivity contribution in [2.24, 2.45) is 0 Å². The quantitative estimate of drug-likeness (QED) is 0.143. The summed E-state index contributed by atoms with van der Waals surface area (Å²) in [4.78, 5) is -2.13. The van der Waals surface area contributed by atoms with E-state index in [1.807, 2.05) is 0 Å². The number of ether oxygens (including phenoxy) is 2. The molecule has 0 aliphatic carbocycles. The molecule has 0 heterocycles. The van der Waals surface area contributed by atoms with Crippen molar-refractivity contribution in [1.29, 1.82) is 0 Å². The fourth-order valence-corrected chi connectivity index (χ4v) is 5.88. The number of aliphatic hydroxyl groups excluding tert-OH is 2. The van der Waals surface area contributed by atoms with E-state index in [0.29, 0.717) is 18.2 Å². The van der Waals surface area contributed by atoms with Crippen LogP contribution in [-0.2, 0) is 26.3 Å². The largest absolute Gasteiger partial charge is 0.501 e. The molecule has 0 spiro atoms. The predicted octanol–water partition coefficient (Wildman–Crippen LogP) is 7.97. The van der Waals surface area contributed by atoms with Crippen molar-refractivity contribution in [2.45, 2.75) is 27.4 Å². The summed E-state index contributed by atoms with van der Waals surface area (Å²) in [6.07, 6.45) is 0. The molecule has 4 rings (SSSR count). The molecule has 0 fully saturated rings. The first kappa shape index (κ1) is 40.3. The molecule has 2 N–H and O–H groups in total. The topological polar surface area (TPSA) is 127 Å². The summed E-state index contributed by atoms with van der Waals surface area (Å²) in [7, 11) is -11.2. The molecular formula is C30H18Cl2F8O8S2. The molecule has 50 heavy (non-hydrogen) atoms. The molecule has 0 aliphatic rings. The molecule has 8 nitrogen and oxygen atoms in total. The third-order valence-electron chi connectivity index (χ3n) is 5.80. The third-order valence-corrected chi connectivity index (χ3v) is 9.31. The zero-order chi connectivity index (χ0) is 37.7. The number of hydrogen-bond donors (Lipinski definition) is 2. The number of benzene rings is 4. The maximum absolute atomic E-state index is 13.4. The van der Waals surface area contributed by atoms with Crippen LogP contribution in [0.15, 0.2) is 82.6 Å². The molecular weight excluding hydrogens is 775 g/mol. The van der Waals surface area contributed by atoms with Gasteiger partial charge < -0.3 is 19.7 Å². The van der Waals surface area contributed by atoms with Crippen molar-refractivity contribution in [3.63, 3.8) is 0 Å². The highest BCUT2D eigenvalue weighted by Gasteiger charge is 2.48. The van der Waals surface area contributed by atoms with Crippen LogP contribution in [0.4, 0.5) is 35.1 Å². The SMILES string of the molecule is O=S(=O)(c1ccc(Oc2cc(F)cc(Cl)c2)c(C#CCO)c1)C(F)(F)F.O=S(=O)(c1ccc(Oc2cc(F)cc(Cl)c2)cc1CO)C(F)(F)F. The first-order chi connectivity index (χ1) is 23.1. The van der Waals surface area contributed by atoms with Crippen molar-refractivity contribution in [2.75, 3.05) is 6.61 Å². The maximum atomic E-state index is 13.4. The standard InChI is InChI=1S/C16H9ClF4O4S.C14H9ClF4O4S/c17-11-7-12(18)9-13(8-11)25-15-4-3-14(6-10(15)2-1-5-22)26(23,24)16(19,20)21;15-9-4-10(16)6-12(5-9)23-11-1-2-13(8(3-11)7-20)24(21,22)14(17,18)19/h3-4,6-9,22H,5H2;1-6,20H,7H2. The van der Waals surface area contributed by atoms with Gasteiger partial charge >= 0.3 is 11.0 Å². The lowest BCUT2D eigenvalue weighted by Crippen LogP contribution is -2.24. The molecule has 0 aromatic heterocycles. The number of halogens is 10. The molecule has 20 heteroatoms. The summed E-state index contributed by atoms with van der Waals surface area (Å²) < 4.78 is 159. The van der Waals surface area contributed by atoms with E-state index in [1.165, 1.54) is 12.1 Å². The van der Waals surface area contributed by atoms with Gasteiger partial charge in [-0.15, -0.1) is 0 Å². The van der Waals surface area contributed by atoms with Gasteiger partial charge in [0.2, 0.25) is 0 Å². The second kappa shape index (κ2) is 15.8. The summed E-state index contributed by atoms with van der Waals surface area (Å²) in [5.41, 5.74) is -11.8. The van der Waals surface area contributed by atoms with E-state index in [2.05, 4.69) is 11.8 Å². The Bertz CT molecular complexity index is 2120. The molecule has 0 saturated heterocycles. The Kier molecular flexibility index (Phi) is 12.8. The molecule has 0 atom stereocenters. The molecule has 4 aromatic rings. The zero-order valence-electron chi connectivity index (χ0n) is 24.3. The highest BCUT2D eigenvalue weighted by molar-refractivity contribution is 7.92. The molecule has 0 radical (unpaired) electrons. The zero-order valence-corrected chi connectivity index (χ0v) is 27.4. The van der Waals surface area contributed by atoms with Gasteiger partial charge in [-0.05, 0) is 60.7 Å². The van der Waals surface area contributed by atoms with Gasteiger partial charge in [0, 0.05) is 27.7 Å². The molecule has 0 amide bonds. The molecule has 268 valence electrons. The maximum Gasteiger partial charge on any atom is 0.501 e. The lowest BCUT2D eigenvalue weighted by Gasteiger charge is -2.13. The second-order valence-electron chi connectivity index (χ2n) is 9.36. The average Bonchev–Trinajstić information content (AvgIpc) is 2.98. The summed E-state index contributed by atoms with van der Waals surface area (Å²) >= 11 is 11.3. The molecule has 0 unspecified atom stereocenters. The number of alkyl halides is 6. The van der Waals surface area contributed by atoms with Crippen molar-refractivity contribution in [3.05, 3.63) is 106 Å². The van der Waals surface area contributed by atoms with Crippen LogP contribution in [-0.4, -0.2) is 44.7 Å². The van der Waals surface area contributed by atoms with Crippen LogP contribution in [0.1, 0.15) is 11.1 Å². The second-order valence-corrected chi connectivity index (χ2v) is 14.1. The number of aliphatic hydroxyl groups is 2. The van der Waals surface area contributed by atoms with Gasteiger partial charge in [-0.1, -0.05) is 35.0 Å². The minimum absolute atomic E-state index is 0.0132. The van der Waals surface area contributed by atoms with Gasteiger partial charge in [-0.3, -0.25) is 0 Å². The fraction of sp³-hybridized carbons (Fsp3) is 0.133. The van der Waals surface area contributed by atoms with Crippen LogP contribution in [0.5, 0.6) is 23.0 Å². The van der Waals surface area contributed by atoms with Crippen molar-refractivity contribution in [1.82, 2.24) is 0 Å². The first-order valence-corrected chi connectivity index (χ1v) is 16.7. The van der Waals surface area contributed by atoms with E-state index in [-0.39, 0.29) is 38.6 Å². The van der Waals surface area contributed by atoms with E-state index >= 15 is 0 Å². The summed E-state index contributed by atoms with van der Waals surface area (Å²) in [6.45, 7) is -1.59. The predicted molar refractivity (Wildman–Crippen MR) is 162 cm³/mol. The van der Waals surface area contributed by atoms with Crippen LogP contribution in [0.25, 0.3) is 0 Å². The monoisotopic (exact) mass is 792 g/mol. The van der Waals surface area contributed by atoms with E-state index < -0.39 is 70.9 Å². The summed E-state index contributed by atoms with van der Waals surface area (Å²) in [6, 6.07) is 11.3. The van der Waals surface area contributed by atoms with Crippen molar-refractivity contribution >= 4 is 42.9 Å². The highest BCUT2D eigenvalue weighted by atomic mass is 35.5. The van der Waals surface area contributed by atoms with E-state index in [9.17, 15) is 52.0 Å². The Morgan fingerprint density at radius 1 is 0.660 bits per heavy atom. The number of sulfone groups is 2. The van der Waals surface area contributed by atoms with Gasteiger partial charge in [-0.2, -0.15) is 26.3 Å². The van der Waals surface area contributed by atoms with Crippen LogP contribution in [0.3, 0.4) is 0 Å². The van der Waals surface area contributed by atoms with Crippen molar-refractivity contribution < 1.29 is 71.6 Å². The Morgan fingerprint density at radius 3 is 1.68 bits per heavy atom.